The van der Waals surface area contributed by atoms with Crippen LogP contribution in [-0.4, -0.2) is 45.3 Å². The van der Waals surface area contributed by atoms with Crippen molar-refractivity contribution in [2.75, 3.05) is 20.6 Å². The van der Waals surface area contributed by atoms with E-state index in [1.54, 1.807) is 5.38 Å². The highest BCUT2D eigenvalue weighted by Gasteiger charge is 2.29. The van der Waals surface area contributed by atoms with Gasteiger partial charge in [-0.1, -0.05) is 19.3 Å². The molecule has 1 aliphatic rings. The van der Waals surface area contributed by atoms with E-state index in [2.05, 4.69) is 5.32 Å². The van der Waals surface area contributed by atoms with Crippen LogP contribution in [0.15, 0.2) is 16.3 Å². The highest BCUT2D eigenvalue weighted by atomic mass is 32.2. The van der Waals surface area contributed by atoms with E-state index in [1.165, 1.54) is 26.6 Å². The van der Waals surface area contributed by atoms with E-state index < -0.39 is 10.0 Å². The molecule has 1 fully saturated rings. The molecular weight excluding hydrogens is 334 g/mol. The number of rotatable bonds is 6. The van der Waals surface area contributed by atoms with E-state index in [9.17, 15) is 13.2 Å². The van der Waals surface area contributed by atoms with E-state index in [0.717, 1.165) is 41.3 Å². The molecule has 3 N–H and O–H groups in total. The summed E-state index contributed by atoms with van der Waals surface area (Å²) < 4.78 is 25.7. The Bertz CT molecular complexity index is 634. The minimum absolute atomic E-state index is 0.0596. The van der Waals surface area contributed by atoms with E-state index in [1.807, 2.05) is 0 Å². The second kappa shape index (κ2) is 7.74. The molecule has 0 saturated heterocycles. The van der Waals surface area contributed by atoms with Crippen molar-refractivity contribution in [3.8, 4) is 0 Å². The van der Waals surface area contributed by atoms with Gasteiger partial charge < -0.3 is 11.1 Å². The van der Waals surface area contributed by atoms with Gasteiger partial charge >= 0.3 is 0 Å². The second-order valence-electron chi connectivity index (χ2n) is 6.12. The fourth-order valence-corrected chi connectivity index (χ4v) is 5.20. The Morgan fingerprint density at radius 3 is 2.61 bits per heavy atom. The molecular formula is C15H25N3O3S2. The Kier molecular flexibility index (Phi) is 6.19. The number of carbonyl (C=O) groups is 1. The maximum Gasteiger partial charge on any atom is 0.263 e. The molecule has 1 unspecified atom stereocenters. The molecule has 0 bridgehead atoms. The van der Waals surface area contributed by atoms with E-state index >= 15 is 0 Å². The predicted octanol–water partition coefficient (Wildman–Crippen LogP) is 1.64. The third-order valence-corrected chi connectivity index (χ3v) is 7.28. The molecule has 1 aromatic rings. The van der Waals surface area contributed by atoms with Crippen LogP contribution in [0, 0.1) is 5.92 Å². The van der Waals surface area contributed by atoms with Crippen LogP contribution in [0.25, 0.3) is 0 Å². The van der Waals surface area contributed by atoms with Gasteiger partial charge in [0.2, 0.25) is 10.0 Å². The summed E-state index contributed by atoms with van der Waals surface area (Å²) in [6.07, 6.45) is 5.69. The van der Waals surface area contributed by atoms with Crippen molar-refractivity contribution in [3.63, 3.8) is 0 Å². The Balaban J connectivity index is 2.16. The Morgan fingerprint density at radius 2 is 2.04 bits per heavy atom. The van der Waals surface area contributed by atoms with Gasteiger partial charge in [-0.2, -0.15) is 0 Å². The van der Waals surface area contributed by atoms with Gasteiger partial charge in [0.1, 0.15) is 9.77 Å². The van der Waals surface area contributed by atoms with Crippen molar-refractivity contribution < 1.29 is 13.2 Å². The lowest BCUT2D eigenvalue weighted by Crippen LogP contribution is -2.46. The molecule has 1 aromatic heterocycles. The lowest BCUT2D eigenvalue weighted by atomic mass is 9.84. The summed E-state index contributed by atoms with van der Waals surface area (Å²) in [5.41, 5.74) is 5.84. The standard InChI is InChI=1S/C15H25N3O3S2/c1-18(2)23(20,21)13-8-9-22-14(13)15(19)17-12(10-16)11-6-4-3-5-7-11/h8-9,11-12H,3-7,10,16H2,1-2H3,(H,17,19). The molecule has 0 radical (unpaired) electrons. The predicted molar refractivity (Wildman–Crippen MR) is 92.1 cm³/mol. The quantitative estimate of drug-likeness (QED) is 0.807. The highest BCUT2D eigenvalue weighted by molar-refractivity contribution is 7.89. The number of nitrogens with two attached hydrogens (primary N) is 1. The molecule has 2 rings (SSSR count). The smallest absolute Gasteiger partial charge is 0.263 e. The van der Waals surface area contributed by atoms with Crippen molar-refractivity contribution >= 4 is 27.3 Å². The molecule has 1 heterocycles. The summed E-state index contributed by atoms with van der Waals surface area (Å²) in [7, 11) is -0.709. The molecule has 1 aliphatic carbocycles. The number of amides is 1. The van der Waals surface area contributed by atoms with Crippen molar-refractivity contribution in [3.05, 3.63) is 16.3 Å². The molecule has 0 aliphatic heterocycles. The largest absolute Gasteiger partial charge is 0.347 e. The van der Waals surface area contributed by atoms with Crippen LogP contribution >= 0.6 is 11.3 Å². The zero-order valence-electron chi connectivity index (χ0n) is 13.6. The SMILES string of the molecule is CN(C)S(=O)(=O)c1ccsc1C(=O)NC(CN)C1CCCCC1. The highest BCUT2D eigenvalue weighted by Crippen LogP contribution is 2.28. The number of nitrogens with one attached hydrogen (secondary N) is 1. The lowest BCUT2D eigenvalue weighted by molar-refractivity contribution is 0.0916. The average molecular weight is 360 g/mol. The first kappa shape index (κ1) is 18.4. The molecule has 8 heteroatoms. The number of hydrogen-bond donors (Lipinski definition) is 2. The Hall–Kier alpha value is -0.960. The van der Waals surface area contributed by atoms with Gasteiger partial charge in [0, 0.05) is 26.7 Å². The van der Waals surface area contributed by atoms with Crippen LogP contribution in [0.1, 0.15) is 41.8 Å². The Morgan fingerprint density at radius 1 is 1.39 bits per heavy atom. The van der Waals surface area contributed by atoms with E-state index in [4.69, 9.17) is 5.73 Å². The number of nitrogens with zero attached hydrogens (tertiary/aromatic N) is 1. The third kappa shape index (κ3) is 4.12. The summed E-state index contributed by atoms with van der Waals surface area (Å²) in [5, 5.41) is 4.58. The number of thiophene rings is 1. The first-order chi connectivity index (χ1) is 10.9. The maximum absolute atomic E-state index is 12.6. The minimum Gasteiger partial charge on any atom is -0.347 e. The van der Waals surface area contributed by atoms with Crippen molar-refractivity contribution in [1.29, 1.82) is 0 Å². The van der Waals surface area contributed by atoms with Crippen molar-refractivity contribution in [2.24, 2.45) is 11.7 Å². The normalized spacial score (nSPS) is 18.1. The molecule has 1 atom stereocenters. The fourth-order valence-electron chi connectivity index (χ4n) is 3.00. The summed E-state index contributed by atoms with van der Waals surface area (Å²) in [5.74, 6) is 0.0352. The van der Waals surface area contributed by atoms with Gasteiger partial charge in [0.25, 0.3) is 5.91 Å². The first-order valence-electron chi connectivity index (χ1n) is 7.89. The maximum atomic E-state index is 12.6. The summed E-state index contributed by atoms with van der Waals surface area (Å²) in [6, 6.07) is 1.38. The molecule has 1 saturated carbocycles. The van der Waals surface area contributed by atoms with Crippen molar-refractivity contribution in [2.45, 2.75) is 43.0 Å². The third-order valence-electron chi connectivity index (χ3n) is 4.38. The molecule has 6 nitrogen and oxygen atoms in total. The zero-order valence-corrected chi connectivity index (χ0v) is 15.3. The van der Waals surface area contributed by atoms with E-state index in [0.29, 0.717) is 12.5 Å². The summed E-state index contributed by atoms with van der Waals surface area (Å²) >= 11 is 1.14. The lowest BCUT2D eigenvalue weighted by Gasteiger charge is -2.30. The molecule has 0 spiro atoms. The first-order valence-corrected chi connectivity index (χ1v) is 10.2. The summed E-state index contributed by atoms with van der Waals surface area (Å²) in [6.45, 7) is 0.373. The van der Waals surface area contributed by atoms with Crippen LogP contribution in [0.2, 0.25) is 0 Å². The fraction of sp³-hybridized carbons (Fsp3) is 0.667. The molecule has 23 heavy (non-hydrogen) atoms. The molecule has 130 valence electrons. The van der Waals surface area contributed by atoms with Gasteiger partial charge in [0.15, 0.2) is 0 Å². The van der Waals surface area contributed by atoms with Crippen LogP contribution in [0.4, 0.5) is 0 Å². The summed E-state index contributed by atoms with van der Waals surface area (Å²) in [4.78, 5) is 12.9. The van der Waals surface area contributed by atoms with E-state index in [-0.39, 0.29) is 21.7 Å². The minimum atomic E-state index is -3.62. The Labute approximate surface area is 142 Å². The van der Waals surface area contributed by atoms with Crippen LogP contribution < -0.4 is 11.1 Å². The average Bonchev–Trinajstić information content (AvgIpc) is 3.03. The number of carbonyl (C=O) groups excluding carboxylic acids is 1. The van der Waals surface area contributed by atoms with Gasteiger partial charge in [-0.05, 0) is 30.2 Å². The van der Waals surface area contributed by atoms with Gasteiger partial charge in [-0.3, -0.25) is 4.79 Å². The molecule has 1 amide bonds. The van der Waals surface area contributed by atoms with Gasteiger partial charge in [0.05, 0.1) is 0 Å². The molecule has 0 aromatic carbocycles. The zero-order chi connectivity index (χ0) is 17.0. The number of hydrogen-bond acceptors (Lipinski definition) is 5. The van der Waals surface area contributed by atoms with Crippen LogP contribution in [0.5, 0.6) is 0 Å². The topological polar surface area (TPSA) is 92.5 Å². The second-order valence-corrected chi connectivity index (χ2v) is 9.15. The van der Waals surface area contributed by atoms with Crippen molar-refractivity contribution in [1.82, 2.24) is 9.62 Å². The monoisotopic (exact) mass is 359 g/mol. The van der Waals surface area contributed by atoms with Crippen LogP contribution in [0.3, 0.4) is 0 Å². The van der Waals surface area contributed by atoms with Crippen LogP contribution in [-0.2, 0) is 10.0 Å². The van der Waals surface area contributed by atoms with Gasteiger partial charge in [-0.25, -0.2) is 12.7 Å². The number of sulfonamides is 1. The van der Waals surface area contributed by atoms with Gasteiger partial charge in [-0.15, -0.1) is 11.3 Å².